The fraction of sp³-hybridized carbons (Fsp3) is 0.500. The van der Waals surface area contributed by atoms with Gasteiger partial charge in [-0.1, -0.05) is 44.9 Å². The molecule has 0 amide bonds. The lowest BCUT2D eigenvalue weighted by atomic mass is 9.61. The van der Waals surface area contributed by atoms with Crippen LogP contribution in [0.25, 0.3) is 0 Å². The van der Waals surface area contributed by atoms with Crippen LogP contribution < -0.4 is 10.5 Å². The molecule has 0 spiro atoms. The molecule has 1 fully saturated rings. The summed E-state index contributed by atoms with van der Waals surface area (Å²) >= 11 is 0. The number of sulfonamides is 1. The standard InChI is InChI=1S/C24H32N2O3S/c1-16-4-3-12-24(2)22-15-19(27)8-7-18(22)14-21(16)23(24)26-13-11-17-5-9-20(10-6-17)30(25,28)29/h5-10,15-16,21,23,26-27H,3-4,11-14H2,1-2H3,(H2,25,28,29)/t16?,21-,23-,24-/m0/s1. The number of rotatable bonds is 5. The SMILES string of the molecule is CC1CCC[C@@]2(C)c3cc(O)ccc3C[C@@H]1[C@@H]2NCCc1ccc(S(N)(=O)=O)cc1. The normalized spacial score (nSPS) is 28.6. The van der Waals surface area contributed by atoms with Gasteiger partial charge in [-0.2, -0.15) is 0 Å². The van der Waals surface area contributed by atoms with E-state index in [4.69, 9.17) is 5.14 Å². The summed E-state index contributed by atoms with van der Waals surface area (Å²) in [7, 11) is -3.65. The molecule has 0 aromatic heterocycles. The number of nitrogens with one attached hydrogen (secondary N) is 1. The summed E-state index contributed by atoms with van der Waals surface area (Å²) in [4.78, 5) is 0.148. The van der Waals surface area contributed by atoms with Gasteiger partial charge >= 0.3 is 0 Å². The average molecular weight is 429 g/mol. The van der Waals surface area contributed by atoms with Crippen molar-refractivity contribution in [1.82, 2.24) is 5.32 Å². The maximum Gasteiger partial charge on any atom is 0.238 e. The Morgan fingerprint density at radius 1 is 1.20 bits per heavy atom. The maximum atomic E-state index is 11.4. The number of phenols is 1. The largest absolute Gasteiger partial charge is 0.508 e. The summed E-state index contributed by atoms with van der Waals surface area (Å²) in [6.45, 7) is 5.56. The lowest BCUT2D eigenvalue weighted by Gasteiger charge is -2.48. The number of hydrogen-bond acceptors (Lipinski definition) is 4. The summed E-state index contributed by atoms with van der Waals surface area (Å²) in [6.07, 6.45) is 5.44. The lowest BCUT2D eigenvalue weighted by Crippen LogP contribution is -2.55. The molecule has 2 aromatic rings. The van der Waals surface area contributed by atoms with Crippen LogP contribution in [0.15, 0.2) is 47.4 Å². The predicted octanol–water partition coefficient (Wildman–Crippen LogP) is 3.49. The van der Waals surface area contributed by atoms with E-state index in [-0.39, 0.29) is 10.3 Å². The Kier molecular flexibility index (Phi) is 5.68. The van der Waals surface area contributed by atoms with Gasteiger partial charge in [0.1, 0.15) is 5.75 Å². The number of aromatic hydroxyl groups is 1. The van der Waals surface area contributed by atoms with Crippen molar-refractivity contribution in [2.75, 3.05) is 6.54 Å². The first-order valence-corrected chi connectivity index (χ1v) is 12.4. The molecule has 1 unspecified atom stereocenters. The van der Waals surface area contributed by atoms with Crippen LogP contribution in [0.1, 0.15) is 49.8 Å². The number of hydrogen-bond donors (Lipinski definition) is 3. The molecule has 6 heteroatoms. The monoisotopic (exact) mass is 428 g/mol. The minimum Gasteiger partial charge on any atom is -0.508 e. The van der Waals surface area contributed by atoms with Crippen LogP contribution in [0.3, 0.4) is 0 Å². The molecule has 4 rings (SSSR count). The van der Waals surface area contributed by atoms with Crippen molar-refractivity contribution in [3.05, 3.63) is 59.2 Å². The van der Waals surface area contributed by atoms with E-state index in [0.717, 1.165) is 31.4 Å². The molecule has 2 aliphatic rings. The average Bonchev–Trinajstić information content (AvgIpc) is 2.77. The molecule has 1 saturated carbocycles. The highest BCUT2D eigenvalue weighted by molar-refractivity contribution is 7.89. The van der Waals surface area contributed by atoms with E-state index >= 15 is 0 Å². The van der Waals surface area contributed by atoms with Crippen molar-refractivity contribution >= 4 is 10.0 Å². The summed E-state index contributed by atoms with van der Waals surface area (Å²) in [5.74, 6) is 1.57. The van der Waals surface area contributed by atoms with Gasteiger partial charge in [-0.25, -0.2) is 13.6 Å². The maximum absolute atomic E-state index is 11.4. The van der Waals surface area contributed by atoms with Gasteiger partial charge in [0.15, 0.2) is 0 Å². The second-order valence-corrected chi connectivity index (χ2v) is 10.9. The van der Waals surface area contributed by atoms with Gasteiger partial charge in [0.2, 0.25) is 10.0 Å². The minimum atomic E-state index is -3.65. The Morgan fingerprint density at radius 2 is 1.93 bits per heavy atom. The van der Waals surface area contributed by atoms with E-state index < -0.39 is 10.0 Å². The third-order valence-electron chi connectivity index (χ3n) is 7.40. The zero-order valence-electron chi connectivity index (χ0n) is 17.8. The van der Waals surface area contributed by atoms with Crippen LogP contribution in [-0.2, 0) is 28.3 Å². The van der Waals surface area contributed by atoms with Crippen molar-refractivity contribution in [3.8, 4) is 5.75 Å². The number of fused-ring (bicyclic) bond motifs is 4. The van der Waals surface area contributed by atoms with Gasteiger partial charge in [-0.3, -0.25) is 0 Å². The summed E-state index contributed by atoms with van der Waals surface area (Å²) in [5, 5.41) is 19.2. The molecule has 2 aromatic carbocycles. The summed E-state index contributed by atoms with van der Waals surface area (Å²) in [6, 6.07) is 13.1. The number of nitrogens with two attached hydrogens (primary N) is 1. The molecule has 0 heterocycles. The third kappa shape index (κ3) is 4.01. The molecule has 0 saturated heterocycles. The number of benzene rings is 2. The summed E-state index contributed by atoms with van der Waals surface area (Å²) < 4.78 is 22.9. The van der Waals surface area contributed by atoms with Crippen molar-refractivity contribution in [1.29, 1.82) is 0 Å². The lowest BCUT2D eigenvalue weighted by molar-refractivity contribution is 0.178. The Labute approximate surface area is 179 Å². The van der Waals surface area contributed by atoms with Crippen molar-refractivity contribution in [2.24, 2.45) is 17.0 Å². The van der Waals surface area contributed by atoms with E-state index in [1.165, 1.54) is 24.0 Å². The molecule has 2 bridgehead atoms. The number of primary sulfonamides is 1. The first-order valence-electron chi connectivity index (χ1n) is 10.9. The van der Waals surface area contributed by atoms with Gasteiger partial charge in [-0.05, 0) is 78.6 Å². The second-order valence-electron chi connectivity index (χ2n) is 9.37. The smallest absolute Gasteiger partial charge is 0.238 e. The first-order chi connectivity index (χ1) is 14.2. The second kappa shape index (κ2) is 7.98. The van der Waals surface area contributed by atoms with Crippen LogP contribution in [-0.4, -0.2) is 26.1 Å². The van der Waals surface area contributed by atoms with Gasteiger partial charge in [0, 0.05) is 11.5 Å². The Hall–Kier alpha value is -1.89. The van der Waals surface area contributed by atoms with Gasteiger partial charge in [-0.15, -0.1) is 0 Å². The van der Waals surface area contributed by atoms with Crippen LogP contribution in [0, 0.1) is 11.8 Å². The van der Waals surface area contributed by atoms with Crippen LogP contribution in [0.4, 0.5) is 0 Å². The molecule has 0 radical (unpaired) electrons. The highest BCUT2D eigenvalue weighted by Crippen LogP contribution is 2.49. The van der Waals surface area contributed by atoms with Gasteiger partial charge in [0.05, 0.1) is 4.90 Å². The predicted molar refractivity (Wildman–Crippen MR) is 119 cm³/mol. The van der Waals surface area contributed by atoms with Gasteiger partial charge < -0.3 is 10.4 Å². The highest BCUT2D eigenvalue weighted by Gasteiger charge is 2.48. The molecule has 4 N–H and O–H groups in total. The van der Waals surface area contributed by atoms with Crippen LogP contribution >= 0.6 is 0 Å². The minimum absolute atomic E-state index is 0.000759. The fourth-order valence-corrected chi connectivity index (χ4v) is 6.22. The van der Waals surface area contributed by atoms with E-state index in [1.54, 1.807) is 12.1 Å². The molecule has 0 aliphatic heterocycles. The zero-order chi connectivity index (χ0) is 21.5. The Balaban J connectivity index is 1.54. The first kappa shape index (κ1) is 21.3. The van der Waals surface area contributed by atoms with E-state index in [2.05, 4.69) is 25.2 Å². The molecule has 30 heavy (non-hydrogen) atoms. The number of phenolic OH excluding ortho intramolecular Hbond substituents is 1. The Morgan fingerprint density at radius 3 is 2.63 bits per heavy atom. The van der Waals surface area contributed by atoms with Crippen molar-refractivity contribution < 1.29 is 13.5 Å². The fourth-order valence-electron chi connectivity index (χ4n) is 5.71. The van der Waals surface area contributed by atoms with Crippen molar-refractivity contribution in [3.63, 3.8) is 0 Å². The van der Waals surface area contributed by atoms with Crippen LogP contribution in [0.5, 0.6) is 5.75 Å². The van der Waals surface area contributed by atoms with Crippen LogP contribution in [0.2, 0.25) is 0 Å². The molecule has 162 valence electrons. The van der Waals surface area contributed by atoms with Crippen molar-refractivity contribution in [2.45, 2.75) is 62.3 Å². The third-order valence-corrected chi connectivity index (χ3v) is 8.32. The highest BCUT2D eigenvalue weighted by atomic mass is 32.2. The quantitative estimate of drug-likeness (QED) is 0.680. The van der Waals surface area contributed by atoms with E-state index in [1.807, 2.05) is 24.3 Å². The molecular weight excluding hydrogens is 396 g/mol. The topological polar surface area (TPSA) is 92.4 Å². The molecule has 5 nitrogen and oxygen atoms in total. The van der Waals surface area contributed by atoms with E-state index in [9.17, 15) is 13.5 Å². The molecule has 2 aliphatic carbocycles. The van der Waals surface area contributed by atoms with Gasteiger partial charge in [0.25, 0.3) is 0 Å². The van der Waals surface area contributed by atoms with E-state index in [0.29, 0.717) is 23.6 Å². The molecular formula is C24H32N2O3S. The molecule has 4 atom stereocenters. The zero-order valence-corrected chi connectivity index (χ0v) is 18.6. The Bertz CT molecular complexity index is 1020. The summed E-state index contributed by atoms with van der Waals surface area (Å²) in [5.41, 5.74) is 3.76.